The summed E-state index contributed by atoms with van der Waals surface area (Å²) in [7, 11) is -3.27. The summed E-state index contributed by atoms with van der Waals surface area (Å²) < 4.78 is 30.0. The molecule has 0 spiro atoms. The number of hydrogen-bond donors (Lipinski definition) is 1. The third-order valence-electron chi connectivity index (χ3n) is 4.32. The topological polar surface area (TPSA) is 72.5 Å². The van der Waals surface area contributed by atoms with E-state index in [2.05, 4.69) is 5.32 Å². The van der Waals surface area contributed by atoms with Gasteiger partial charge in [-0.2, -0.15) is 0 Å². The Bertz CT molecular complexity index is 875. The van der Waals surface area contributed by atoms with Crippen LogP contribution in [0.4, 0.5) is 0 Å². The van der Waals surface area contributed by atoms with Gasteiger partial charge in [0, 0.05) is 0 Å². The molecule has 1 aliphatic rings. The fourth-order valence-electron chi connectivity index (χ4n) is 2.90. The zero-order valence-electron chi connectivity index (χ0n) is 14.2. The SMILES string of the molecule is Cc1ccc(O[C@H](C)C(=O)N[C@@H]2CCS(=O)(=O)c3ccccc32)cc1. The van der Waals surface area contributed by atoms with Gasteiger partial charge in [0.1, 0.15) is 5.75 Å². The Morgan fingerprint density at radius 1 is 1.16 bits per heavy atom. The second-order valence-electron chi connectivity index (χ2n) is 6.28. The molecule has 1 aliphatic heterocycles. The van der Waals surface area contributed by atoms with Crippen molar-refractivity contribution in [3.63, 3.8) is 0 Å². The summed E-state index contributed by atoms with van der Waals surface area (Å²) in [6.07, 6.45) is -0.309. The van der Waals surface area contributed by atoms with Gasteiger partial charge >= 0.3 is 0 Å². The lowest BCUT2D eigenvalue weighted by atomic mass is 10.0. The summed E-state index contributed by atoms with van der Waals surface area (Å²) in [6, 6.07) is 14.0. The van der Waals surface area contributed by atoms with Crippen LogP contribution in [0.5, 0.6) is 5.75 Å². The number of rotatable bonds is 4. The Balaban J connectivity index is 1.71. The van der Waals surface area contributed by atoms with E-state index in [-0.39, 0.29) is 17.7 Å². The Hall–Kier alpha value is -2.34. The molecule has 2 aromatic carbocycles. The Morgan fingerprint density at radius 3 is 2.56 bits per heavy atom. The predicted molar refractivity (Wildman–Crippen MR) is 95.3 cm³/mol. The minimum atomic E-state index is -3.27. The monoisotopic (exact) mass is 359 g/mol. The molecule has 25 heavy (non-hydrogen) atoms. The van der Waals surface area contributed by atoms with Crippen LogP contribution in [0.25, 0.3) is 0 Å². The van der Waals surface area contributed by atoms with Crippen LogP contribution in [0, 0.1) is 6.92 Å². The molecule has 0 unspecified atom stereocenters. The lowest BCUT2D eigenvalue weighted by molar-refractivity contribution is -0.128. The first-order valence-electron chi connectivity index (χ1n) is 8.22. The first kappa shape index (κ1) is 17.5. The maximum atomic E-state index is 12.5. The number of fused-ring (bicyclic) bond motifs is 1. The van der Waals surface area contributed by atoms with Crippen LogP contribution >= 0.6 is 0 Å². The maximum absolute atomic E-state index is 12.5. The summed E-state index contributed by atoms with van der Waals surface area (Å²) >= 11 is 0. The maximum Gasteiger partial charge on any atom is 0.261 e. The van der Waals surface area contributed by atoms with Gasteiger partial charge in [-0.05, 0) is 44.0 Å². The largest absolute Gasteiger partial charge is 0.481 e. The molecular formula is C19H21NO4S. The van der Waals surface area contributed by atoms with Crippen LogP contribution in [-0.4, -0.2) is 26.2 Å². The quantitative estimate of drug-likeness (QED) is 0.911. The van der Waals surface area contributed by atoms with Crippen molar-refractivity contribution in [3.8, 4) is 5.75 Å². The molecule has 0 saturated heterocycles. The van der Waals surface area contributed by atoms with Gasteiger partial charge in [-0.25, -0.2) is 8.42 Å². The molecule has 0 radical (unpaired) electrons. The van der Waals surface area contributed by atoms with Crippen LogP contribution in [0.2, 0.25) is 0 Å². The molecule has 1 heterocycles. The van der Waals surface area contributed by atoms with Crippen LogP contribution in [-0.2, 0) is 14.6 Å². The van der Waals surface area contributed by atoms with E-state index in [0.717, 1.165) is 5.56 Å². The first-order valence-corrected chi connectivity index (χ1v) is 9.87. The summed E-state index contributed by atoms with van der Waals surface area (Å²) in [5.74, 6) is 0.391. The van der Waals surface area contributed by atoms with E-state index in [4.69, 9.17) is 4.74 Å². The highest BCUT2D eigenvalue weighted by atomic mass is 32.2. The fourth-order valence-corrected chi connectivity index (χ4v) is 4.52. The summed E-state index contributed by atoms with van der Waals surface area (Å²) in [4.78, 5) is 12.8. The van der Waals surface area contributed by atoms with Crippen LogP contribution in [0.15, 0.2) is 53.4 Å². The molecule has 0 saturated carbocycles. The zero-order chi connectivity index (χ0) is 18.0. The second-order valence-corrected chi connectivity index (χ2v) is 8.36. The molecule has 0 fully saturated rings. The van der Waals surface area contributed by atoms with E-state index in [1.54, 1.807) is 31.2 Å². The molecule has 0 bridgehead atoms. The van der Waals surface area contributed by atoms with Gasteiger partial charge in [-0.3, -0.25) is 4.79 Å². The summed E-state index contributed by atoms with van der Waals surface area (Å²) in [5.41, 5.74) is 1.76. The highest BCUT2D eigenvalue weighted by molar-refractivity contribution is 7.91. The number of carbonyl (C=O) groups is 1. The molecule has 1 N–H and O–H groups in total. The van der Waals surface area contributed by atoms with Crippen LogP contribution in [0.1, 0.15) is 30.5 Å². The lowest BCUT2D eigenvalue weighted by Crippen LogP contribution is -2.40. The minimum absolute atomic E-state index is 0.0299. The summed E-state index contributed by atoms with van der Waals surface area (Å²) in [6.45, 7) is 3.66. The van der Waals surface area contributed by atoms with Crippen molar-refractivity contribution in [2.24, 2.45) is 0 Å². The van der Waals surface area contributed by atoms with E-state index < -0.39 is 15.9 Å². The van der Waals surface area contributed by atoms with Crippen LogP contribution < -0.4 is 10.1 Å². The first-order chi connectivity index (χ1) is 11.9. The molecule has 132 valence electrons. The molecule has 0 aliphatic carbocycles. The number of benzene rings is 2. The lowest BCUT2D eigenvalue weighted by Gasteiger charge is -2.27. The van der Waals surface area contributed by atoms with E-state index in [0.29, 0.717) is 22.6 Å². The Kier molecular flexibility index (Phi) is 4.81. The van der Waals surface area contributed by atoms with Gasteiger partial charge in [0.05, 0.1) is 16.7 Å². The van der Waals surface area contributed by atoms with Crippen molar-refractivity contribution < 1.29 is 17.9 Å². The number of carbonyl (C=O) groups excluding carboxylic acids is 1. The molecular weight excluding hydrogens is 338 g/mol. The summed E-state index contributed by atoms with van der Waals surface area (Å²) in [5, 5.41) is 2.92. The zero-order valence-corrected chi connectivity index (χ0v) is 15.0. The highest BCUT2D eigenvalue weighted by Crippen LogP contribution is 2.32. The molecule has 3 rings (SSSR count). The second kappa shape index (κ2) is 6.88. The normalized spacial score (nSPS) is 19.5. The molecule has 1 amide bonds. The minimum Gasteiger partial charge on any atom is -0.481 e. The molecule has 2 atom stereocenters. The van der Waals surface area contributed by atoms with Gasteiger partial charge in [-0.15, -0.1) is 0 Å². The number of nitrogens with one attached hydrogen (secondary N) is 1. The van der Waals surface area contributed by atoms with E-state index in [1.807, 2.05) is 31.2 Å². The Morgan fingerprint density at radius 2 is 1.84 bits per heavy atom. The van der Waals surface area contributed by atoms with Gasteiger partial charge in [0.25, 0.3) is 5.91 Å². The third kappa shape index (κ3) is 3.85. The molecule has 2 aromatic rings. The number of hydrogen-bond acceptors (Lipinski definition) is 4. The van der Waals surface area contributed by atoms with Crippen molar-refractivity contribution in [1.82, 2.24) is 5.32 Å². The predicted octanol–water partition coefficient (Wildman–Crippen LogP) is 2.80. The van der Waals surface area contributed by atoms with E-state index >= 15 is 0 Å². The van der Waals surface area contributed by atoms with Crippen LogP contribution in [0.3, 0.4) is 0 Å². The average molecular weight is 359 g/mol. The van der Waals surface area contributed by atoms with E-state index in [9.17, 15) is 13.2 Å². The number of amides is 1. The molecule has 5 nitrogen and oxygen atoms in total. The molecule has 0 aromatic heterocycles. The van der Waals surface area contributed by atoms with Crippen molar-refractivity contribution in [1.29, 1.82) is 0 Å². The van der Waals surface area contributed by atoms with Gasteiger partial charge < -0.3 is 10.1 Å². The van der Waals surface area contributed by atoms with Gasteiger partial charge in [0.2, 0.25) is 0 Å². The van der Waals surface area contributed by atoms with E-state index in [1.165, 1.54) is 0 Å². The van der Waals surface area contributed by atoms with Crippen molar-refractivity contribution in [3.05, 3.63) is 59.7 Å². The molecule has 6 heteroatoms. The van der Waals surface area contributed by atoms with Gasteiger partial charge in [-0.1, -0.05) is 35.9 Å². The fraction of sp³-hybridized carbons (Fsp3) is 0.316. The smallest absolute Gasteiger partial charge is 0.261 e. The van der Waals surface area contributed by atoms with Gasteiger partial charge in [0.15, 0.2) is 15.9 Å². The van der Waals surface area contributed by atoms with Crippen molar-refractivity contribution in [2.75, 3.05) is 5.75 Å². The Labute approximate surface area is 147 Å². The average Bonchev–Trinajstić information content (AvgIpc) is 2.59. The standard InChI is InChI=1S/C19H21NO4S/c1-13-7-9-15(10-8-13)24-14(2)19(21)20-17-11-12-25(22,23)18-6-4-3-5-16(17)18/h3-10,14,17H,11-12H2,1-2H3,(H,20,21)/t14-,17-/m1/s1. The number of ether oxygens (including phenoxy) is 1. The highest BCUT2D eigenvalue weighted by Gasteiger charge is 2.31. The number of aryl methyl sites for hydroxylation is 1. The van der Waals surface area contributed by atoms with Crippen molar-refractivity contribution >= 4 is 15.7 Å². The number of sulfone groups is 1. The third-order valence-corrected chi connectivity index (χ3v) is 6.14. The van der Waals surface area contributed by atoms with Crippen molar-refractivity contribution in [2.45, 2.75) is 37.3 Å².